The minimum Gasteiger partial charge on any atom is -0.489 e. The number of methoxy groups -OCH3 is 2. The van der Waals surface area contributed by atoms with Gasteiger partial charge in [-0.2, -0.15) is 0 Å². The Hall–Kier alpha value is -2.44. The number of allylic oxidation sites excluding steroid dienone is 4. The first-order chi connectivity index (χ1) is 15.9. The molecule has 0 radical (unpaired) electrons. The summed E-state index contributed by atoms with van der Waals surface area (Å²) in [5.74, 6) is -0.639. The summed E-state index contributed by atoms with van der Waals surface area (Å²) in [5.41, 5.74) is 1.25. The summed E-state index contributed by atoms with van der Waals surface area (Å²) in [6, 6.07) is 0. The third kappa shape index (κ3) is 9.52. The Kier molecular flexibility index (Phi) is 14.1. The third-order valence-corrected chi connectivity index (χ3v) is 6.13. The molecule has 0 N–H and O–H groups in total. The first kappa shape index (κ1) is 28.6. The molecule has 0 heterocycles. The zero-order valence-corrected chi connectivity index (χ0v) is 20.9. The van der Waals surface area contributed by atoms with E-state index in [0.717, 1.165) is 51.4 Å². The molecule has 0 bridgehead atoms. The second-order valence-electron chi connectivity index (χ2n) is 8.61. The van der Waals surface area contributed by atoms with Gasteiger partial charge in [0.1, 0.15) is 0 Å². The number of nitrogens with zero attached hydrogens (tertiary/aromatic N) is 1. The molecule has 0 spiro atoms. The zero-order chi connectivity index (χ0) is 24.6. The Morgan fingerprint density at radius 1 is 0.848 bits per heavy atom. The maximum atomic E-state index is 12.6. The molecule has 0 aromatic rings. The van der Waals surface area contributed by atoms with E-state index in [1.165, 1.54) is 39.9 Å². The highest BCUT2D eigenvalue weighted by Crippen LogP contribution is 2.29. The minimum atomic E-state index is -0.302. The van der Waals surface area contributed by atoms with Gasteiger partial charge in [-0.1, -0.05) is 58.3 Å². The Balaban J connectivity index is 2.33. The summed E-state index contributed by atoms with van der Waals surface area (Å²) in [7, 11) is 2.71. The van der Waals surface area contributed by atoms with Gasteiger partial charge in [0.25, 0.3) is 0 Å². The lowest BCUT2D eigenvalue weighted by molar-refractivity contribution is -0.428. The van der Waals surface area contributed by atoms with Gasteiger partial charge in [-0.3, -0.25) is 19.7 Å². The quantitative estimate of drug-likeness (QED) is 0.0983. The van der Waals surface area contributed by atoms with E-state index in [-0.39, 0.29) is 28.0 Å². The van der Waals surface area contributed by atoms with Crippen LogP contribution >= 0.6 is 0 Å². The van der Waals surface area contributed by atoms with Crippen molar-refractivity contribution in [3.05, 3.63) is 44.6 Å². The Bertz CT molecular complexity index is 763. The molecule has 0 fully saturated rings. The third-order valence-electron chi connectivity index (χ3n) is 6.13. The Morgan fingerprint density at radius 3 is 2.00 bits per heavy atom. The molecular formula is C26H41NO6. The van der Waals surface area contributed by atoms with Gasteiger partial charge in [0.15, 0.2) is 0 Å². The Morgan fingerprint density at radius 2 is 1.39 bits per heavy atom. The standard InChI is InChI=1S/C26H41NO6/c1-5-6-7-8-9-11-14-17-21(27(30)31)18-15-12-10-13-16-19-22-20(2)23(28)25(32-3)26(33-4)24(22)29/h17H,5-16,18-19H2,1-4H3/b21-17+. The van der Waals surface area contributed by atoms with Crippen LogP contribution in [0.1, 0.15) is 104 Å². The first-order valence-corrected chi connectivity index (χ1v) is 12.3. The molecule has 7 heteroatoms. The predicted octanol–water partition coefficient (Wildman–Crippen LogP) is 6.60. The molecule has 0 atom stereocenters. The second-order valence-corrected chi connectivity index (χ2v) is 8.61. The number of ketones is 2. The maximum Gasteiger partial charge on any atom is 0.242 e. The van der Waals surface area contributed by atoms with Gasteiger partial charge in [0, 0.05) is 17.6 Å². The average molecular weight is 464 g/mol. The number of Topliss-reactive ketones (excluding diaryl/α,β-unsaturated/α-hetero) is 2. The van der Waals surface area contributed by atoms with Crippen LogP contribution in [0.5, 0.6) is 0 Å². The fraction of sp³-hybridized carbons (Fsp3) is 0.692. The fourth-order valence-corrected chi connectivity index (χ4v) is 4.09. The highest BCUT2D eigenvalue weighted by atomic mass is 16.6. The lowest BCUT2D eigenvalue weighted by Gasteiger charge is -2.20. The summed E-state index contributed by atoms with van der Waals surface area (Å²) in [4.78, 5) is 36.0. The molecular weight excluding hydrogens is 422 g/mol. The first-order valence-electron chi connectivity index (χ1n) is 12.3. The molecule has 0 aromatic carbocycles. The Labute approximate surface area is 198 Å². The smallest absolute Gasteiger partial charge is 0.242 e. The molecule has 0 unspecified atom stereocenters. The van der Waals surface area contributed by atoms with Gasteiger partial charge in [0.05, 0.1) is 19.1 Å². The molecule has 186 valence electrons. The normalized spacial score (nSPS) is 14.8. The van der Waals surface area contributed by atoms with Crippen molar-refractivity contribution in [1.82, 2.24) is 0 Å². The molecule has 7 nitrogen and oxygen atoms in total. The summed E-state index contributed by atoms with van der Waals surface area (Å²) >= 11 is 0. The van der Waals surface area contributed by atoms with Gasteiger partial charge in [-0.25, -0.2) is 0 Å². The van der Waals surface area contributed by atoms with Crippen molar-refractivity contribution in [1.29, 1.82) is 0 Å². The number of hydrogen-bond donors (Lipinski definition) is 0. The predicted molar refractivity (Wildman–Crippen MR) is 129 cm³/mol. The SMILES string of the molecule is CCCCCCCC/C=C(\CCCCCCCC1=C(C)C(=O)C(OC)=C(OC)C1=O)[N+](=O)[O-]. The molecule has 1 aliphatic carbocycles. The van der Waals surface area contributed by atoms with Crippen LogP contribution in [0.3, 0.4) is 0 Å². The van der Waals surface area contributed by atoms with E-state index < -0.39 is 0 Å². The number of carbonyl (C=O) groups is 2. The summed E-state index contributed by atoms with van der Waals surface area (Å²) in [6.07, 6.45) is 15.0. The number of carbonyl (C=O) groups excluding carboxylic acids is 2. The van der Waals surface area contributed by atoms with E-state index >= 15 is 0 Å². The van der Waals surface area contributed by atoms with Crippen LogP contribution < -0.4 is 0 Å². The van der Waals surface area contributed by atoms with Crippen molar-refractivity contribution in [2.75, 3.05) is 14.2 Å². The van der Waals surface area contributed by atoms with Gasteiger partial charge >= 0.3 is 0 Å². The van der Waals surface area contributed by atoms with E-state index in [1.54, 1.807) is 13.0 Å². The summed E-state index contributed by atoms with van der Waals surface area (Å²) in [5, 5.41) is 11.3. The number of unbranched alkanes of at least 4 members (excludes halogenated alkanes) is 10. The minimum absolute atomic E-state index is 0.0249. The van der Waals surface area contributed by atoms with E-state index in [0.29, 0.717) is 29.7 Å². The van der Waals surface area contributed by atoms with Crippen LogP contribution in [0.15, 0.2) is 34.4 Å². The van der Waals surface area contributed by atoms with Gasteiger partial charge in [-0.05, 0) is 45.1 Å². The highest BCUT2D eigenvalue weighted by molar-refractivity contribution is 6.23. The molecule has 0 saturated heterocycles. The molecule has 0 amide bonds. The van der Waals surface area contributed by atoms with Gasteiger partial charge in [-0.15, -0.1) is 0 Å². The van der Waals surface area contributed by atoms with Crippen molar-refractivity contribution in [3.63, 3.8) is 0 Å². The topological polar surface area (TPSA) is 95.7 Å². The van der Waals surface area contributed by atoms with Crippen molar-refractivity contribution >= 4 is 11.6 Å². The van der Waals surface area contributed by atoms with Crippen LogP contribution in [0.2, 0.25) is 0 Å². The van der Waals surface area contributed by atoms with Gasteiger partial charge < -0.3 is 9.47 Å². The van der Waals surface area contributed by atoms with Crippen LogP contribution in [0.4, 0.5) is 0 Å². The van der Waals surface area contributed by atoms with Crippen LogP contribution in [0, 0.1) is 10.1 Å². The van der Waals surface area contributed by atoms with Crippen molar-refractivity contribution in [3.8, 4) is 0 Å². The van der Waals surface area contributed by atoms with E-state index in [9.17, 15) is 19.7 Å². The number of rotatable bonds is 18. The molecule has 0 saturated carbocycles. The van der Waals surface area contributed by atoms with Crippen LogP contribution in [0.25, 0.3) is 0 Å². The molecule has 0 aromatic heterocycles. The van der Waals surface area contributed by atoms with E-state index in [1.807, 2.05) is 0 Å². The number of ether oxygens (including phenoxy) is 2. The van der Waals surface area contributed by atoms with Gasteiger partial charge in [0.2, 0.25) is 28.8 Å². The van der Waals surface area contributed by atoms with Crippen molar-refractivity contribution in [2.45, 2.75) is 104 Å². The monoisotopic (exact) mass is 463 g/mol. The van der Waals surface area contributed by atoms with Crippen molar-refractivity contribution < 1.29 is 24.0 Å². The fourth-order valence-electron chi connectivity index (χ4n) is 4.09. The number of nitro groups is 1. The average Bonchev–Trinajstić information content (AvgIpc) is 2.80. The van der Waals surface area contributed by atoms with Crippen LogP contribution in [-0.2, 0) is 19.1 Å². The van der Waals surface area contributed by atoms with Crippen molar-refractivity contribution in [2.24, 2.45) is 0 Å². The summed E-state index contributed by atoms with van der Waals surface area (Å²) in [6.45, 7) is 3.84. The summed E-state index contributed by atoms with van der Waals surface area (Å²) < 4.78 is 10.2. The number of hydrogen-bond acceptors (Lipinski definition) is 6. The zero-order valence-electron chi connectivity index (χ0n) is 20.9. The lowest BCUT2D eigenvalue weighted by atomic mass is 9.89. The largest absolute Gasteiger partial charge is 0.489 e. The van der Waals surface area contributed by atoms with Crippen LogP contribution in [-0.4, -0.2) is 30.7 Å². The maximum absolute atomic E-state index is 12.6. The molecule has 33 heavy (non-hydrogen) atoms. The molecule has 1 rings (SSSR count). The lowest BCUT2D eigenvalue weighted by Crippen LogP contribution is -2.25. The van der Waals surface area contributed by atoms with E-state index in [4.69, 9.17) is 9.47 Å². The molecule has 0 aliphatic heterocycles. The molecule has 1 aliphatic rings. The second kappa shape index (κ2) is 16.2. The highest BCUT2D eigenvalue weighted by Gasteiger charge is 2.34. The van der Waals surface area contributed by atoms with E-state index in [2.05, 4.69) is 6.92 Å².